The molecular formula is C19H22FN3O2S. The van der Waals surface area contributed by atoms with Gasteiger partial charge in [-0.1, -0.05) is 6.92 Å². The summed E-state index contributed by atoms with van der Waals surface area (Å²) in [4.78, 5) is 16.8. The predicted octanol–water partition coefficient (Wildman–Crippen LogP) is 5.02. The van der Waals surface area contributed by atoms with Crippen molar-refractivity contribution in [3.63, 3.8) is 0 Å². The van der Waals surface area contributed by atoms with Crippen molar-refractivity contribution in [2.45, 2.75) is 46.2 Å². The van der Waals surface area contributed by atoms with E-state index in [1.807, 2.05) is 26.2 Å². The largest absolute Gasteiger partial charge is 0.459 e. The fraction of sp³-hybridized carbons (Fsp3) is 0.368. The van der Waals surface area contributed by atoms with E-state index in [0.717, 1.165) is 28.1 Å². The molecule has 2 heterocycles. The number of urea groups is 1. The Balaban J connectivity index is 1.68. The lowest BCUT2D eigenvalue weighted by molar-refractivity contribution is 0.233. The van der Waals surface area contributed by atoms with E-state index >= 15 is 0 Å². The Labute approximate surface area is 155 Å². The average molecular weight is 375 g/mol. The maximum atomic E-state index is 13.4. The highest BCUT2D eigenvalue weighted by Crippen LogP contribution is 2.30. The Hall–Kier alpha value is -2.41. The fourth-order valence-corrected chi connectivity index (χ4v) is 3.72. The molecule has 0 spiro atoms. The fourth-order valence-electron chi connectivity index (χ4n) is 2.89. The van der Waals surface area contributed by atoms with Crippen molar-refractivity contribution >= 4 is 28.3 Å². The number of thiazole rings is 1. The van der Waals surface area contributed by atoms with Gasteiger partial charge in [0.2, 0.25) is 0 Å². The quantitative estimate of drug-likeness (QED) is 0.658. The summed E-state index contributed by atoms with van der Waals surface area (Å²) in [5, 5.41) is 9.49. The number of fused-ring (bicyclic) bond motifs is 1. The Morgan fingerprint density at radius 2 is 2.04 bits per heavy atom. The molecule has 1 aromatic carbocycles. The number of rotatable bonds is 5. The first-order chi connectivity index (χ1) is 12.4. The third kappa shape index (κ3) is 3.72. The van der Waals surface area contributed by atoms with Crippen molar-refractivity contribution in [1.29, 1.82) is 0 Å². The van der Waals surface area contributed by atoms with Crippen molar-refractivity contribution in [1.82, 2.24) is 15.6 Å². The van der Waals surface area contributed by atoms with Gasteiger partial charge in [0.15, 0.2) is 0 Å². The summed E-state index contributed by atoms with van der Waals surface area (Å²) in [5.74, 6) is 0.310. The molecule has 138 valence electrons. The highest BCUT2D eigenvalue weighted by atomic mass is 32.1. The number of furan rings is 1. The smallest absolute Gasteiger partial charge is 0.315 e. The molecule has 0 aliphatic rings. The Bertz CT molecular complexity index is 934. The topological polar surface area (TPSA) is 67.2 Å². The van der Waals surface area contributed by atoms with Crippen LogP contribution in [0.1, 0.15) is 54.9 Å². The minimum atomic E-state index is -0.348. The molecule has 0 saturated heterocycles. The van der Waals surface area contributed by atoms with E-state index in [9.17, 15) is 9.18 Å². The molecule has 0 aliphatic carbocycles. The molecule has 0 radical (unpaired) electrons. The molecule has 2 N–H and O–H groups in total. The summed E-state index contributed by atoms with van der Waals surface area (Å²) in [6.45, 7) is 7.65. The number of nitrogens with one attached hydrogen (secondary N) is 2. The monoisotopic (exact) mass is 375 g/mol. The summed E-state index contributed by atoms with van der Waals surface area (Å²) in [6.07, 6.45) is 0.881. The van der Waals surface area contributed by atoms with Crippen molar-refractivity contribution in [3.8, 4) is 0 Å². The van der Waals surface area contributed by atoms with Gasteiger partial charge in [-0.3, -0.25) is 0 Å². The van der Waals surface area contributed by atoms with Crippen LogP contribution in [0, 0.1) is 12.7 Å². The third-order valence-corrected chi connectivity index (χ3v) is 5.35. The lowest BCUT2D eigenvalue weighted by Crippen LogP contribution is -2.38. The van der Waals surface area contributed by atoms with Crippen LogP contribution < -0.4 is 10.6 Å². The van der Waals surface area contributed by atoms with Crippen LogP contribution in [0.15, 0.2) is 28.0 Å². The molecule has 3 aromatic rings. The molecule has 7 heteroatoms. The maximum absolute atomic E-state index is 13.4. The lowest BCUT2D eigenvalue weighted by atomic mass is 10.1. The highest BCUT2D eigenvalue weighted by molar-refractivity contribution is 7.09. The number of hydrogen-bond donors (Lipinski definition) is 2. The second-order valence-electron chi connectivity index (χ2n) is 6.31. The summed E-state index contributed by atoms with van der Waals surface area (Å²) in [5.41, 5.74) is 2.29. The Morgan fingerprint density at radius 1 is 1.31 bits per heavy atom. The zero-order chi connectivity index (χ0) is 18.8. The highest BCUT2D eigenvalue weighted by Gasteiger charge is 2.20. The number of nitrogens with zero attached hydrogens (tertiary/aromatic N) is 1. The molecule has 2 unspecified atom stereocenters. The summed E-state index contributed by atoms with van der Waals surface area (Å²) in [7, 11) is 0. The first-order valence-electron chi connectivity index (χ1n) is 8.59. The standard InChI is InChI=1S/C19H22FN3O2S/c1-5-17-23-15(9-26-17)11(3)21-19(24)22-12(4)18-10(2)14-8-13(20)6-7-16(14)25-18/h6-9,11-12H,5H2,1-4H3,(H2,21,22,24). The SMILES string of the molecule is CCc1nc(C(C)NC(=O)NC(C)c2oc3ccc(F)cc3c2C)cs1. The molecule has 2 amide bonds. The number of amides is 2. The minimum Gasteiger partial charge on any atom is -0.459 e. The maximum Gasteiger partial charge on any atom is 0.315 e. The van der Waals surface area contributed by atoms with Crippen LogP contribution in [0.5, 0.6) is 0 Å². The van der Waals surface area contributed by atoms with E-state index in [-0.39, 0.29) is 23.9 Å². The number of carbonyl (C=O) groups is 1. The molecule has 0 bridgehead atoms. The van der Waals surface area contributed by atoms with Crippen LogP contribution in [0.2, 0.25) is 0 Å². The molecule has 26 heavy (non-hydrogen) atoms. The second-order valence-corrected chi connectivity index (χ2v) is 7.26. The number of aryl methyl sites for hydroxylation is 2. The number of halogens is 1. The van der Waals surface area contributed by atoms with E-state index in [4.69, 9.17) is 4.42 Å². The van der Waals surface area contributed by atoms with Crippen LogP contribution in [0.3, 0.4) is 0 Å². The first-order valence-corrected chi connectivity index (χ1v) is 9.46. The first kappa shape index (κ1) is 18.4. The van der Waals surface area contributed by atoms with E-state index in [2.05, 4.69) is 22.5 Å². The zero-order valence-electron chi connectivity index (χ0n) is 15.2. The molecule has 2 atom stereocenters. The molecule has 5 nitrogen and oxygen atoms in total. The molecule has 0 fully saturated rings. The average Bonchev–Trinajstić information content (AvgIpc) is 3.20. The van der Waals surface area contributed by atoms with Gasteiger partial charge in [0.25, 0.3) is 0 Å². The molecule has 3 rings (SSSR count). The predicted molar refractivity (Wildman–Crippen MR) is 101 cm³/mol. The molecular weight excluding hydrogens is 353 g/mol. The lowest BCUT2D eigenvalue weighted by Gasteiger charge is -2.16. The van der Waals surface area contributed by atoms with Gasteiger partial charge < -0.3 is 15.1 Å². The van der Waals surface area contributed by atoms with Gasteiger partial charge in [-0.2, -0.15) is 0 Å². The Kier molecular flexibility index (Phi) is 5.27. The van der Waals surface area contributed by atoms with Crippen LogP contribution in [-0.4, -0.2) is 11.0 Å². The number of benzene rings is 1. The summed E-state index contributed by atoms with van der Waals surface area (Å²) < 4.78 is 19.2. The second kappa shape index (κ2) is 7.45. The van der Waals surface area contributed by atoms with Gasteiger partial charge >= 0.3 is 6.03 Å². The van der Waals surface area contributed by atoms with Gasteiger partial charge in [0, 0.05) is 16.3 Å². The molecule has 0 aliphatic heterocycles. The minimum absolute atomic E-state index is 0.190. The molecule has 2 aromatic heterocycles. The van der Waals surface area contributed by atoms with E-state index in [1.165, 1.54) is 12.1 Å². The van der Waals surface area contributed by atoms with Crippen molar-refractivity contribution < 1.29 is 13.6 Å². The normalized spacial score (nSPS) is 13.6. The summed E-state index contributed by atoms with van der Waals surface area (Å²) in [6, 6.07) is 3.56. The van der Waals surface area contributed by atoms with Gasteiger partial charge in [-0.25, -0.2) is 14.2 Å². The number of carbonyl (C=O) groups excluding carboxylic acids is 1. The number of aromatic nitrogens is 1. The van der Waals surface area contributed by atoms with Gasteiger partial charge in [0.05, 0.1) is 22.8 Å². The number of hydrogen-bond acceptors (Lipinski definition) is 4. The van der Waals surface area contributed by atoms with Crippen LogP contribution in [0.25, 0.3) is 11.0 Å². The van der Waals surface area contributed by atoms with Gasteiger partial charge in [-0.05, 0) is 45.4 Å². The van der Waals surface area contributed by atoms with Gasteiger partial charge in [0.1, 0.15) is 17.2 Å². The van der Waals surface area contributed by atoms with Crippen molar-refractivity contribution in [3.05, 3.63) is 51.4 Å². The van der Waals surface area contributed by atoms with Crippen molar-refractivity contribution in [2.24, 2.45) is 0 Å². The van der Waals surface area contributed by atoms with E-state index in [0.29, 0.717) is 11.3 Å². The zero-order valence-corrected chi connectivity index (χ0v) is 16.0. The third-order valence-electron chi connectivity index (χ3n) is 4.34. The van der Waals surface area contributed by atoms with E-state index < -0.39 is 0 Å². The van der Waals surface area contributed by atoms with Gasteiger partial charge in [-0.15, -0.1) is 11.3 Å². The summed E-state index contributed by atoms with van der Waals surface area (Å²) >= 11 is 1.59. The van der Waals surface area contributed by atoms with Crippen LogP contribution in [-0.2, 0) is 6.42 Å². The van der Waals surface area contributed by atoms with E-state index in [1.54, 1.807) is 17.4 Å². The van der Waals surface area contributed by atoms with Crippen LogP contribution >= 0.6 is 11.3 Å². The Morgan fingerprint density at radius 3 is 2.73 bits per heavy atom. The molecule has 0 saturated carbocycles. The van der Waals surface area contributed by atoms with Crippen molar-refractivity contribution in [2.75, 3.05) is 0 Å². The van der Waals surface area contributed by atoms with Crippen LogP contribution in [0.4, 0.5) is 9.18 Å².